The summed E-state index contributed by atoms with van der Waals surface area (Å²) in [6.45, 7) is 9.01. The van der Waals surface area contributed by atoms with Gasteiger partial charge in [-0.2, -0.15) is 0 Å². The predicted molar refractivity (Wildman–Crippen MR) is 67.6 cm³/mol. The van der Waals surface area contributed by atoms with Gasteiger partial charge in [0.2, 0.25) is 0 Å². The third kappa shape index (κ3) is 3.56. The number of nitrogens with zero attached hydrogens (tertiary/aromatic N) is 2. The molecule has 16 heavy (non-hydrogen) atoms. The van der Waals surface area contributed by atoms with Crippen molar-refractivity contribution in [3.63, 3.8) is 0 Å². The maximum absolute atomic E-state index is 11.5. The Kier molecular flexibility index (Phi) is 4.51. The number of rotatable bonds is 4. The van der Waals surface area contributed by atoms with Gasteiger partial charge in [0.15, 0.2) is 0 Å². The van der Waals surface area contributed by atoms with E-state index in [0.29, 0.717) is 6.04 Å². The van der Waals surface area contributed by atoms with Gasteiger partial charge < -0.3 is 9.80 Å². The molecule has 0 radical (unpaired) electrons. The number of hydrogen-bond acceptors (Lipinski definition) is 3. The molecule has 0 bridgehead atoms. The summed E-state index contributed by atoms with van der Waals surface area (Å²) in [7, 11) is 4.33. The van der Waals surface area contributed by atoms with E-state index in [9.17, 15) is 4.79 Å². The van der Waals surface area contributed by atoms with Gasteiger partial charge in [-0.3, -0.25) is 4.79 Å². The monoisotopic (exact) mass is 226 g/mol. The van der Waals surface area contributed by atoms with Crippen molar-refractivity contribution >= 4 is 5.78 Å². The molecule has 94 valence electrons. The second-order valence-electron chi connectivity index (χ2n) is 5.89. The highest BCUT2D eigenvalue weighted by Gasteiger charge is 2.29. The normalized spacial score (nSPS) is 20.4. The molecule has 0 saturated carbocycles. The standard InChI is InChI=1S/C13H26N2O/c1-11(16)13(2,3)10-15(5)12-6-8-14(4)9-7-12/h12H,6-10H2,1-5H3. The van der Waals surface area contributed by atoms with Crippen LogP contribution < -0.4 is 0 Å². The van der Waals surface area contributed by atoms with Gasteiger partial charge in [0.1, 0.15) is 5.78 Å². The van der Waals surface area contributed by atoms with Crippen molar-refractivity contribution in [2.45, 2.75) is 39.7 Å². The fourth-order valence-electron chi connectivity index (χ4n) is 2.30. The third-order valence-electron chi connectivity index (χ3n) is 3.91. The Bertz CT molecular complexity index is 242. The zero-order chi connectivity index (χ0) is 12.3. The van der Waals surface area contributed by atoms with Crippen LogP contribution in [0.1, 0.15) is 33.6 Å². The molecule has 0 amide bonds. The van der Waals surface area contributed by atoms with Crippen molar-refractivity contribution in [2.24, 2.45) is 5.41 Å². The van der Waals surface area contributed by atoms with E-state index in [1.165, 1.54) is 25.9 Å². The van der Waals surface area contributed by atoms with E-state index in [1.807, 2.05) is 13.8 Å². The summed E-state index contributed by atoms with van der Waals surface area (Å²) in [5, 5.41) is 0. The molecule has 0 aromatic carbocycles. The van der Waals surface area contributed by atoms with E-state index in [4.69, 9.17) is 0 Å². The molecule has 1 heterocycles. The van der Waals surface area contributed by atoms with Crippen LogP contribution in [0.15, 0.2) is 0 Å². The summed E-state index contributed by atoms with van der Waals surface area (Å²) < 4.78 is 0. The fourth-order valence-corrected chi connectivity index (χ4v) is 2.30. The quantitative estimate of drug-likeness (QED) is 0.728. The maximum atomic E-state index is 11.5. The van der Waals surface area contributed by atoms with Crippen molar-refractivity contribution < 1.29 is 4.79 Å². The first-order chi connectivity index (χ1) is 7.33. The van der Waals surface area contributed by atoms with Gasteiger partial charge in [0.05, 0.1) is 0 Å². The summed E-state index contributed by atoms with van der Waals surface area (Å²) in [4.78, 5) is 16.2. The molecule has 0 N–H and O–H groups in total. The average Bonchev–Trinajstić information content (AvgIpc) is 2.17. The van der Waals surface area contributed by atoms with Gasteiger partial charge in [-0.15, -0.1) is 0 Å². The Hall–Kier alpha value is -0.410. The minimum absolute atomic E-state index is 0.210. The summed E-state index contributed by atoms with van der Waals surface area (Å²) in [6, 6.07) is 0.648. The van der Waals surface area contributed by atoms with Crippen molar-refractivity contribution in [3.05, 3.63) is 0 Å². The number of ketones is 1. The average molecular weight is 226 g/mol. The van der Waals surface area contributed by atoms with E-state index in [-0.39, 0.29) is 11.2 Å². The summed E-state index contributed by atoms with van der Waals surface area (Å²) in [6.07, 6.45) is 2.45. The Balaban J connectivity index is 2.46. The number of carbonyl (C=O) groups is 1. The van der Waals surface area contributed by atoms with Gasteiger partial charge in [0.25, 0.3) is 0 Å². The molecule has 0 aliphatic carbocycles. The van der Waals surface area contributed by atoms with Gasteiger partial charge in [0, 0.05) is 18.0 Å². The molecular weight excluding hydrogens is 200 g/mol. The Morgan fingerprint density at radius 2 is 1.88 bits per heavy atom. The first-order valence-electron chi connectivity index (χ1n) is 6.23. The number of piperidine rings is 1. The third-order valence-corrected chi connectivity index (χ3v) is 3.91. The highest BCUT2D eigenvalue weighted by atomic mass is 16.1. The van der Waals surface area contributed by atoms with E-state index in [0.717, 1.165) is 6.54 Å². The fraction of sp³-hybridized carbons (Fsp3) is 0.923. The molecule has 1 aliphatic heterocycles. The highest BCUT2D eigenvalue weighted by molar-refractivity contribution is 5.81. The lowest BCUT2D eigenvalue weighted by molar-refractivity contribution is -0.126. The molecule has 1 aliphatic rings. The zero-order valence-corrected chi connectivity index (χ0v) is 11.4. The van der Waals surface area contributed by atoms with Crippen molar-refractivity contribution in [2.75, 3.05) is 33.7 Å². The lowest BCUT2D eigenvalue weighted by Crippen LogP contribution is -2.46. The molecule has 1 saturated heterocycles. The van der Waals surface area contributed by atoms with Crippen LogP contribution in [0, 0.1) is 5.41 Å². The van der Waals surface area contributed by atoms with E-state index in [2.05, 4.69) is 23.9 Å². The van der Waals surface area contributed by atoms with Gasteiger partial charge in [-0.05, 0) is 47.0 Å². The Morgan fingerprint density at radius 3 is 2.31 bits per heavy atom. The van der Waals surface area contributed by atoms with Crippen molar-refractivity contribution in [1.82, 2.24) is 9.80 Å². The van der Waals surface area contributed by atoms with Crippen LogP contribution >= 0.6 is 0 Å². The molecule has 0 unspecified atom stereocenters. The summed E-state index contributed by atoms with van der Waals surface area (Å²) in [5.74, 6) is 0.285. The Labute approximate surface area is 99.8 Å². The molecule has 0 spiro atoms. The zero-order valence-electron chi connectivity index (χ0n) is 11.4. The van der Waals surface area contributed by atoms with Crippen molar-refractivity contribution in [3.8, 4) is 0 Å². The molecule has 0 aromatic rings. The minimum Gasteiger partial charge on any atom is -0.306 e. The number of carbonyl (C=O) groups excluding carboxylic acids is 1. The minimum atomic E-state index is -0.210. The Morgan fingerprint density at radius 1 is 1.38 bits per heavy atom. The SMILES string of the molecule is CC(=O)C(C)(C)CN(C)C1CCN(C)CC1. The van der Waals surface area contributed by atoms with Crippen LogP contribution in [0.4, 0.5) is 0 Å². The highest BCUT2D eigenvalue weighted by Crippen LogP contribution is 2.22. The smallest absolute Gasteiger partial charge is 0.136 e. The molecule has 0 atom stereocenters. The molecule has 3 nitrogen and oxygen atoms in total. The second-order valence-corrected chi connectivity index (χ2v) is 5.89. The largest absolute Gasteiger partial charge is 0.306 e. The summed E-state index contributed by atoms with van der Waals surface area (Å²) >= 11 is 0. The lowest BCUT2D eigenvalue weighted by atomic mass is 9.87. The number of Topliss-reactive ketones (excluding diaryl/α,β-unsaturated/α-hetero) is 1. The number of hydrogen-bond donors (Lipinski definition) is 0. The van der Waals surface area contributed by atoms with Crippen LogP contribution in [0.5, 0.6) is 0 Å². The summed E-state index contributed by atoms with van der Waals surface area (Å²) in [5.41, 5.74) is -0.210. The van der Waals surface area contributed by atoms with Crippen LogP contribution in [0.3, 0.4) is 0 Å². The second kappa shape index (κ2) is 5.28. The van der Waals surface area contributed by atoms with Crippen LogP contribution in [0.2, 0.25) is 0 Å². The van der Waals surface area contributed by atoms with E-state index >= 15 is 0 Å². The first kappa shape index (κ1) is 13.7. The first-order valence-corrected chi connectivity index (χ1v) is 6.23. The molecular formula is C13H26N2O. The van der Waals surface area contributed by atoms with E-state index < -0.39 is 0 Å². The van der Waals surface area contributed by atoms with E-state index in [1.54, 1.807) is 6.92 Å². The lowest BCUT2D eigenvalue weighted by Gasteiger charge is -2.38. The van der Waals surface area contributed by atoms with Crippen LogP contribution in [-0.4, -0.2) is 55.4 Å². The van der Waals surface area contributed by atoms with Crippen molar-refractivity contribution in [1.29, 1.82) is 0 Å². The predicted octanol–water partition coefficient (Wildman–Crippen LogP) is 1.63. The van der Waals surface area contributed by atoms with Crippen LogP contribution in [0.25, 0.3) is 0 Å². The molecule has 1 rings (SSSR count). The van der Waals surface area contributed by atoms with Crippen LogP contribution in [-0.2, 0) is 4.79 Å². The van der Waals surface area contributed by atoms with Gasteiger partial charge in [-0.25, -0.2) is 0 Å². The number of likely N-dealkylation sites (tertiary alicyclic amines) is 1. The topological polar surface area (TPSA) is 23.6 Å². The van der Waals surface area contributed by atoms with Gasteiger partial charge in [-0.1, -0.05) is 13.8 Å². The van der Waals surface area contributed by atoms with Gasteiger partial charge >= 0.3 is 0 Å². The molecule has 0 aromatic heterocycles. The molecule has 1 fully saturated rings. The molecule has 3 heteroatoms. The maximum Gasteiger partial charge on any atom is 0.136 e.